The van der Waals surface area contributed by atoms with Crippen LogP contribution in [0, 0.1) is 11.8 Å². The minimum atomic E-state index is -0.796. The summed E-state index contributed by atoms with van der Waals surface area (Å²) in [6.45, 7) is 0.569. The van der Waals surface area contributed by atoms with Gasteiger partial charge < -0.3 is 15.2 Å². The highest BCUT2D eigenvalue weighted by molar-refractivity contribution is 5.83. The third-order valence-electron chi connectivity index (χ3n) is 5.79. The molecule has 2 aliphatic rings. The van der Waals surface area contributed by atoms with Crippen LogP contribution in [0.5, 0.6) is 5.75 Å². The number of hydrogen-bond donors (Lipinski definition) is 2. The van der Waals surface area contributed by atoms with Crippen LogP contribution in [0.4, 0.5) is 0 Å². The van der Waals surface area contributed by atoms with Crippen molar-refractivity contribution in [3.05, 3.63) is 24.0 Å². The summed E-state index contributed by atoms with van der Waals surface area (Å²) in [5.41, 5.74) is 0.876. The van der Waals surface area contributed by atoms with Crippen LogP contribution >= 0.6 is 0 Å². The molecule has 25 heavy (non-hydrogen) atoms. The van der Waals surface area contributed by atoms with E-state index in [2.05, 4.69) is 10.3 Å². The van der Waals surface area contributed by atoms with E-state index in [4.69, 9.17) is 9.84 Å². The van der Waals surface area contributed by atoms with E-state index in [1.807, 2.05) is 12.1 Å². The van der Waals surface area contributed by atoms with E-state index in [1.54, 1.807) is 13.3 Å². The summed E-state index contributed by atoms with van der Waals surface area (Å²) in [6, 6.07) is 3.92. The van der Waals surface area contributed by atoms with E-state index >= 15 is 0 Å². The second kappa shape index (κ2) is 7.42. The Hall–Kier alpha value is -2.11. The SMILES string of the molecule is COc1ccc(C2(CNC(=O)C3CC(C(=O)O)C3)CCCCC2)nc1. The zero-order valence-electron chi connectivity index (χ0n) is 14.7. The Morgan fingerprint density at radius 2 is 1.96 bits per heavy atom. The van der Waals surface area contributed by atoms with Gasteiger partial charge in [-0.1, -0.05) is 19.3 Å². The van der Waals surface area contributed by atoms with Crippen LogP contribution in [0.1, 0.15) is 50.6 Å². The van der Waals surface area contributed by atoms with Crippen molar-refractivity contribution in [2.24, 2.45) is 11.8 Å². The van der Waals surface area contributed by atoms with E-state index in [0.717, 1.165) is 37.1 Å². The third-order valence-corrected chi connectivity index (χ3v) is 5.79. The smallest absolute Gasteiger partial charge is 0.306 e. The molecule has 0 aromatic carbocycles. The number of carbonyl (C=O) groups excluding carboxylic acids is 1. The number of ether oxygens (including phenoxy) is 1. The first kappa shape index (κ1) is 17.7. The van der Waals surface area contributed by atoms with Crippen LogP contribution in [-0.4, -0.2) is 35.6 Å². The Morgan fingerprint density at radius 3 is 2.52 bits per heavy atom. The van der Waals surface area contributed by atoms with Gasteiger partial charge in [-0.05, 0) is 37.8 Å². The molecular formula is C19H26N2O4. The van der Waals surface area contributed by atoms with Gasteiger partial charge in [-0.2, -0.15) is 0 Å². The number of nitrogens with zero attached hydrogens (tertiary/aromatic N) is 1. The Bertz CT molecular complexity index is 617. The number of pyridine rings is 1. The molecule has 2 saturated carbocycles. The molecule has 2 aliphatic carbocycles. The quantitative estimate of drug-likeness (QED) is 0.826. The molecule has 0 unspecified atom stereocenters. The second-order valence-electron chi connectivity index (χ2n) is 7.35. The number of carboxylic acids is 1. The summed E-state index contributed by atoms with van der Waals surface area (Å²) < 4.78 is 5.19. The number of methoxy groups -OCH3 is 1. The van der Waals surface area contributed by atoms with E-state index in [9.17, 15) is 9.59 Å². The lowest BCUT2D eigenvalue weighted by Gasteiger charge is -2.38. The molecule has 1 aromatic heterocycles. The van der Waals surface area contributed by atoms with Gasteiger partial charge in [-0.25, -0.2) is 0 Å². The number of hydrogen-bond acceptors (Lipinski definition) is 4. The van der Waals surface area contributed by atoms with Crippen molar-refractivity contribution in [2.75, 3.05) is 13.7 Å². The van der Waals surface area contributed by atoms with Crippen molar-refractivity contribution < 1.29 is 19.4 Å². The van der Waals surface area contributed by atoms with Gasteiger partial charge in [0.25, 0.3) is 0 Å². The molecule has 1 aromatic rings. The van der Waals surface area contributed by atoms with Crippen LogP contribution in [0.15, 0.2) is 18.3 Å². The highest BCUT2D eigenvalue weighted by atomic mass is 16.5. The van der Waals surface area contributed by atoms with Crippen molar-refractivity contribution in [3.63, 3.8) is 0 Å². The van der Waals surface area contributed by atoms with Gasteiger partial charge >= 0.3 is 5.97 Å². The number of carboxylic acid groups (broad SMARTS) is 1. The monoisotopic (exact) mass is 346 g/mol. The molecule has 6 nitrogen and oxygen atoms in total. The van der Waals surface area contributed by atoms with Gasteiger partial charge in [0.1, 0.15) is 5.75 Å². The molecule has 1 heterocycles. The lowest BCUT2D eigenvalue weighted by Crippen LogP contribution is -2.47. The molecule has 0 aliphatic heterocycles. The lowest BCUT2D eigenvalue weighted by molar-refractivity contribution is -0.148. The fourth-order valence-electron chi connectivity index (χ4n) is 4.00. The number of rotatable bonds is 6. The molecule has 0 radical (unpaired) electrons. The van der Waals surface area contributed by atoms with E-state index in [-0.39, 0.29) is 23.2 Å². The number of aliphatic carboxylic acids is 1. The molecule has 0 saturated heterocycles. The molecular weight excluding hydrogens is 320 g/mol. The minimum Gasteiger partial charge on any atom is -0.495 e. The van der Waals surface area contributed by atoms with Crippen LogP contribution in [0.3, 0.4) is 0 Å². The van der Waals surface area contributed by atoms with Crippen molar-refractivity contribution in [3.8, 4) is 5.75 Å². The summed E-state index contributed by atoms with van der Waals surface area (Å²) in [5, 5.41) is 12.0. The maximum Gasteiger partial charge on any atom is 0.306 e. The van der Waals surface area contributed by atoms with E-state index in [0.29, 0.717) is 19.4 Å². The number of nitrogens with one attached hydrogen (secondary N) is 1. The average molecular weight is 346 g/mol. The molecule has 3 rings (SSSR count). The minimum absolute atomic E-state index is 0.0176. The molecule has 1 amide bonds. The van der Waals surface area contributed by atoms with E-state index in [1.165, 1.54) is 6.42 Å². The molecule has 136 valence electrons. The fourth-order valence-corrected chi connectivity index (χ4v) is 4.00. The van der Waals surface area contributed by atoms with Gasteiger partial charge in [0.05, 0.1) is 19.2 Å². The van der Waals surface area contributed by atoms with Gasteiger partial charge in [-0.15, -0.1) is 0 Å². The molecule has 0 bridgehead atoms. The van der Waals surface area contributed by atoms with E-state index < -0.39 is 5.97 Å². The van der Waals surface area contributed by atoms with Gasteiger partial charge in [0.15, 0.2) is 0 Å². The lowest BCUT2D eigenvalue weighted by atomic mass is 9.70. The summed E-state index contributed by atoms with van der Waals surface area (Å²) in [5.74, 6) is -0.604. The van der Waals surface area contributed by atoms with Crippen LogP contribution in [-0.2, 0) is 15.0 Å². The normalized spacial score (nSPS) is 24.8. The van der Waals surface area contributed by atoms with Crippen molar-refractivity contribution in [1.82, 2.24) is 10.3 Å². The first-order valence-electron chi connectivity index (χ1n) is 9.05. The molecule has 6 heteroatoms. The fraction of sp³-hybridized carbons (Fsp3) is 0.632. The Morgan fingerprint density at radius 1 is 1.24 bits per heavy atom. The Kier molecular flexibility index (Phi) is 5.25. The van der Waals surface area contributed by atoms with Crippen LogP contribution in [0.25, 0.3) is 0 Å². The van der Waals surface area contributed by atoms with Gasteiger partial charge in [0.2, 0.25) is 5.91 Å². The van der Waals surface area contributed by atoms with Gasteiger partial charge in [-0.3, -0.25) is 14.6 Å². The summed E-state index contributed by atoms with van der Waals surface area (Å²) >= 11 is 0. The predicted octanol–water partition coefficient (Wildman–Crippen LogP) is 2.52. The van der Waals surface area contributed by atoms with Gasteiger partial charge in [0, 0.05) is 23.6 Å². The zero-order valence-corrected chi connectivity index (χ0v) is 14.7. The number of aromatic nitrogens is 1. The molecule has 2 fully saturated rings. The Balaban J connectivity index is 1.64. The van der Waals surface area contributed by atoms with Crippen LogP contribution < -0.4 is 10.1 Å². The highest BCUT2D eigenvalue weighted by Gasteiger charge is 2.40. The second-order valence-corrected chi connectivity index (χ2v) is 7.35. The summed E-state index contributed by atoms with van der Waals surface area (Å²) in [6.07, 6.45) is 8.14. The summed E-state index contributed by atoms with van der Waals surface area (Å²) in [7, 11) is 1.62. The largest absolute Gasteiger partial charge is 0.495 e. The molecule has 0 atom stereocenters. The first-order chi connectivity index (χ1) is 12.0. The third kappa shape index (κ3) is 3.78. The first-order valence-corrected chi connectivity index (χ1v) is 9.05. The Labute approximate surface area is 148 Å². The number of carbonyl (C=O) groups is 2. The topological polar surface area (TPSA) is 88.5 Å². The van der Waals surface area contributed by atoms with Crippen molar-refractivity contribution >= 4 is 11.9 Å². The molecule has 0 spiro atoms. The summed E-state index contributed by atoms with van der Waals surface area (Å²) in [4.78, 5) is 27.8. The molecule has 2 N–H and O–H groups in total. The average Bonchev–Trinajstić information content (AvgIpc) is 2.59. The van der Waals surface area contributed by atoms with Crippen molar-refractivity contribution in [1.29, 1.82) is 0 Å². The standard InChI is InChI=1S/C19H26N2O4/c1-25-15-5-6-16(20-11-15)19(7-3-2-4-8-19)12-21-17(22)13-9-14(10-13)18(23)24/h5-6,11,13-14H,2-4,7-10,12H2,1H3,(H,21,22)(H,23,24). The zero-order chi connectivity index (χ0) is 17.9. The highest BCUT2D eigenvalue weighted by Crippen LogP contribution is 2.39. The maximum absolute atomic E-state index is 12.4. The van der Waals surface area contributed by atoms with Crippen LogP contribution in [0.2, 0.25) is 0 Å². The van der Waals surface area contributed by atoms with Crippen molar-refractivity contribution in [2.45, 2.75) is 50.4 Å². The number of amides is 1. The predicted molar refractivity (Wildman–Crippen MR) is 92.4 cm³/mol. The maximum atomic E-state index is 12.4.